The van der Waals surface area contributed by atoms with Crippen LogP contribution in [0.2, 0.25) is 0 Å². The Balaban J connectivity index is 2.52. The summed E-state index contributed by atoms with van der Waals surface area (Å²) in [5, 5.41) is 0. The molecule has 0 bridgehead atoms. The zero-order valence-corrected chi connectivity index (χ0v) is 13.8. The van der Waals surface area contributed by atoms with Gasteiger partial charge in [-0.1, -0.05) is 32.5 Å². The lowest BCUT2D eigenvalue weighted by molar-refractivity contribution is -0.133. The standard InChI is InChI=1S/C16H24N2O2S/c1-4-12(3)10-18(5-2)15(19)11-20-14-8-6-13(7-9-14)16(17)21/h6-9,12H,4-5,10-11H2,1-3H3,(H2,17,21). The summed E-state index contributed by atoms with van der Waals surface area (Å²) in [4.78, 5) is 14.3. The Hall–Kier alpha value is -1.62. The van der Waals surface area contributed by atoms with Crippen molar-refractivity contribution in [2.24, 2.45) is 11.7 Å². The predicted molar refractivity (Wildman–Crippen MR) is 89.5 cm³/mol. The van der Waals surface area contributed by atoms with Gasteiger partial charge in [0.1, 0.15) is 10.7 Å². The van der Waals surface area contributed by atoms with Crippen molar-refractivity contribution in [1.82, 2.24) is 4.90 Å². The van der Waals surface area contributed by atoms with Crippen molar-refractivity contribution in [2.75, 3.05) is 19.7 Å². The highest BCUT2D eigenvalue weighted by atomic mass is 32.1. The van der Waals surface area contributed by atoms with E-state index in [2.05, 4.69) is 13.8 Å². The van der Waals surface area contributed by atoms with Gasteiger partial charge in [0.2, 0.25) is 0 Å². The predicted octanol–water partition coefficient (Wildman–Crippen LogP) is 2.59. The summed E-state index contributed by atoms with van der Waals surface area (Å²) in [5.74, 6) is 1.15. The molecule has 116 valence electrons. The topological polar surface area (TPSA) is 55.6 Å². The van der Waals surface area contributed by atoms with Gasteiger partial charge < -0.3 is 15.4 Å². The molecule has 0 saturated heterocycles. The molecule has 1 rings (SSSR count). The minimum Gasteiger partial charge on any atom is -0.484 e. The number of nitrogens with zero attached hydrogens (tertiary/aromatic N) is 1. The molecule has 0 aromatic heterocycles. The molecule has 4 nitrogen and oxygen atoms in total. The zero-order valence-electron chi connectivity index (χ0n) is 13.0. The highest BCUT2D eigenvalue weighted by Crippen LogP contribution is 2.12. The highest BCUT2D eigenvalue weighted by molar-refractivity contribution is 7.80. The van der Waals surface area contributed by atoms with Gasteiger partial charge in [-0.05, 0) is 37.1 Å². The maximum atomic E-state index is 12.1. The van der Waals surface area contributed by atoms with Crippen molar-refractivity contribution in [3.63, 3.8) is 0 Å². The Kier molecular flexibility index (Phi) is 7.15. The number of nitrogens with two attached hydrogens (primary N) is 1. The molecule has 1 unspecified atom stereocenters. The highest BCUT2D eigenvalue weighted by Gasteiger charge is 2.14. The molecule has 1 atom stereocenters. The third-order valence-electron chi connectivity index (χ3n) is 3.46. The fraction of sp³-hybridized carbons (Fsp3) is 0.500. The van der Waals surface area contributed by atoms with Gasteiger partial charge in [-0.15, -0.1) is 0 Å². The largest absolute Gasteiger partial charge is 0.484 e. The molecule has 0 aliphatic heterocycles. The molecule has 1 amide bonds. The Bertz CT molecular complexity index is 474. The molecule has 0 aliphatic carbocycles. The van der Waals surface area contributed by atoms with Crippen LogP contribution in [0.1, 0.15) is 32.8 Å². The molecular weight excluding hydrogens is 284 g/mol. The molecule has 2 N–H and O–H groups in total. The SMILES string of the molecule is CCC(C)CN(CC)C(=O)COc1ccc(C(N)=S)cc1. The van der Waals surface area contributed by atoms with E-state index in [9.17, 15) is 4.79 Å². The summed E-state index contributed by atoms with van der Waals surface area (Å²) in [7, 11) is 0. The summed E-state index contributed by atoms with van der Waals surface area (Å²) < 4.78 is 5.53. The van der Waals surface area contributed by atoms with Crippen LogP contribution in [0, 0.1) is 5.92 Å². The van der Waals surface area contributed by atoms with Crippen LogP contribution in [-0.4, -0.2) is 35.5 Å². The summed E-state index contributed by atoms with van der Waals surface area (Å²) in [6, 6.07) is 7.12. The van der Waals surface area contributed by atoms with Gasteiger partial charge in [0.05, 0.1) is 0 Å². The lowest BCUT2D eigenvalue weighted by Crippen LogP contribution is -2.37. The van der Waals surface area contributed by atoms with Crippen molar-refractivity contribution < 1.29 is 9.53 Å². The van der Waals surface area contributed by atoms with Crippen molar-refractivity contribution >= 4 is 23.1 Å². The number of thiocarbonyl (C=S) groups is 1. The number of hydrogen-bond acceptors (Lipinski definition) is 3. The molecule has 0 saturated carbocycles. The Morgan fingerprint density at radius 2 is 1.95 bits per heavy atom. The van der Waals surface area contributed by atoms with E-state index in [1.165, 1.54) is 0 Å². The van der Waals surface area contributed by atoms with E-state index in [1.807, 2.05) is 11.8 Å². The Morgan fingerprint density at radius 3 is 2.43 bits per heavy atom. The van der Waals surface area contributed by atoms with Crippen LogP contribution in [0.3, 0.4) is 0 Å². The average Bonchev–Trinajstić information content (AvgIpc) is 2.50. The van der Waals surface area contributed by atoms with Crippen LogP contribution < -0.4 is 10.5 Å². The number of carbonyl (C=O) groups is 1. The third-order valence-corrected chi connectivity index (χ3v) is 3.70. The molecule has 1 aromatic rings. The summed E-state index contributed by atoms with van der Waals surface area (Å²) in [6.07, 6.45) is 1.06. The third kappa shape index (κ3) is 5.71. The molecule has 0 heterocycles. The lowest BCUT2D eigenvalue weighted by Gasteiger charge is -2.24. The van der Waals surface area contributed by atoms with Crippen LogP contribution in [0.15, 0.2) is 24.3 Å². The van der Waals surface area contributed by atoms with Crippen molar-refractivity contribution in [1.29, 1.82) is 0 Å². The normalized spacial score (nSPS) is 11.8. The number of ether oxygens (including phenoxy) is 1. The van der Waals surface area contributed by atoms with Gasteiger partial charge in [0, 0.05) is 18.7 Å². The maximum absolute atomic E-state index is 12.1. The number of amides is 1. The van der Waals surface area contributed by atoms with E-state index >= 15 is 0 Å². The second-order valence-electron chi connectivity index (χ2n) is 5.12. The van der Waals surface area contributed by atoms with Crippen molar-refractivity contribution in [3.8, 4) is 5.75 Å². The average molecular weight is 308 g/mol. The van der Waals surface area contributed by atoms with Gasteiger partial charge in [-0.25, -0.2) is 0 Å². The molecule has 5 heteroatoms. The minimum absolute atomic E-state index is 0.0104. The monoisotopic (exact) mass is 308 g/mol. The van der Waals surface area contributed by atoms with Gasteiger partial charge in [-0.2, -0.15) is 0 Å². The first kappa shape index (κ1) is 17.4. The van der Waals surface area contributed by atoms with E-state index in [4.69, 9.17) is 22.7 Å². The smallest absolute Gasteiger partial charge is 0.260 e. The molecule has 0 fully saturated rings. The second kappa shape index (κ2) is 8.62. The number of hydrogen-bond donors (Lipinski definition) is 1. The van der Waals surface area contributed by atoms with Crippen LogP contribution in [0.5, 0.6) is 5.75 Å². The Morgan fingerprint density at radius 1 is 1.33 bits per heavy atom. The minimum atomic E-state index is 0.0104. The molecule has 21 heavy (non-hydrogen) atoms. The number of benzene rings is 1. The lowest BCUT2D eigenvalue weighted by atomic mass is 10.1. The van der Waals surface area contributed by atoms with E-state index in [-0.39, 0.29) is 12.5 Å². The number of likely N-dealkylation sites (N-methyl/N-ethyl adjacent to an activating group) is 1. The molecule has 1 aromatic carbocycles. The number of carbonyl (C=O) groups excluding carboxylic acids is 1. The van der Waals surface area contributed by atoms with E-state index in [0.717, 1.165) is 18.5 Å². The molecular formula is C16H24N2O2S. The van der Waals surface area contributed by atoms with Crippen LogP contribution >= 0.6 is 12.2 Å². The van der Waals surface area contributed by atoms with Crippen LogP contribution in [0.4, 0.5) is 0 Å². The van der Waals surface area contributed by atoms with E-state index < -0.39 is 0 Å². The van der Waals surface area contributed by atoms with Crippen molar-refractivity contribution in [2.45, 2.75) is 27.2 Å². The maximum Gasteiger partial charge on any atom is 0.260 e. The number of rotatable bonds is 8. The summed E-state index contributed by atoms with van der Waals surface area (Å²) >= 11 is 4.89. The van der Waals surface area contributed by atoms with Crippen LogP contribution in [0.25, 0.3) is 0 Å². The van der Waals surface area contributed by atoms with Gasteiger partial charge in [0.25, 0.3) is 5.91 Å². The van der Waals surface area contributed by atoms with Gasteiger partial charge >= 0.3 is 0 Å². The first-order chi connectivity index (χ1) is 9.97. The molecule has 0 spiro atoms. The Labute approximate surface area is 132 Å². The molecule has 0 aliphatic rings. The summed E-state index contributed by atoms with van der Waals surface area (Å²) in [6.45, 7) is 7.78. The van der Waals surface area contributed by atoms with Gasteiger partial charge in [0.15, 0.2) is 6.61 Å². The fourth-order valence-electron chi connectivity index (χ4n) is 1.86. The quantitative estimate of drug-likeness (QED) is 0.750. The van der Waals surface area contributed by atoms with E-state index in [1.54, 1.807) is 24.3 Å². The van der Waals surface area contributed by atoms with Gasteiger partial charge in [-0.3, -0.25) is 4.79 Å². The first-order valence-electron chi connectivity index (χ1n) is 7.28. The summed E-state index contributed by atoms with van der Waals surface area (Å²) in [5.41, 5.74) is 6.32. The van der Waals surface area contributed by atoms with E-state index in [0.29, 0.717) is 23.2 Å². The van der Waals surface area contributed by atoms with Crippen molar-refractivity contribution in [3.05, 3.63) is 29.8 Å². The zero-order chi connectivity index (χ0) is 15.8. The van der Waals surface area contributed by atoms with Crippen LogP contribution in [-0.2, 0) is 4.79 Å². The second-order valence-corrected chi connectivity index (χ2v) is 5.56. The molecule has 0 radical (unpaired) electrons. The first-order valence-corrected chi connectivity index (χ1v) is 7.69. The fourth-order valence-corrected chi connectivity index (χ4v) is 2.00.